The van der Waals surface area contributed by atoms with E-state index >= 15 is 0 Å². The molecule has 4 nitrogen and oxygen atoms in total. The van der Waals surface area contributed by atoms with Gasteiger partial charge in [0.2, 0.25) is 0 Å². The van der Waals surface area contributed by atoms with Gasteiger partial charge in [0.1, 0.15) is 0 Å². The third-order valence-corrected chi connectivity index (χ3v) is 5.41. The lowest BCUT2D eigenvalue weighted by atomic mass is 10.1. The molecule has 0 aliphatic rings. The monoisotopic (exact) mass is 307 g/mol. The molecule has 2 N–H and O–H groups in total. The number of unbranched alkanes of at least 4 members (excludes halogenated alkanes) is 9. The standard InChI is InChI=1S/C15H34NO3P/c1-3-4-5-6-7-8-9-10-11-12-14-19-20(17,18-2)15-13-16/h3-16H2,1-2H3. The minimum atomic E-state index is -2.90. The van der Waals surface area contributed by atoms with E-state index in [0.717, 1.165) is 12.8 Å². The van der Waals surface area contributed by atoms with Crippen molar-refractivity contribution in [1.82, 2.24) is 0 Å². The Morgan fingerprint density at radius 1 is 0.900 bits per heavy atom. The molecule has 0 radical (unpaired) electrons. The van der Waals surface area contributed by atoms with Gasteiger partial charge in [-0.3, -0.25) is 4.57 Å². The van der Waals surface area contributed by atoms with Crippen molar-refractivity contribution in [2.24, 2.45) is 5.73 Å². The van der Waals surface area contributed by atoms with Crippen molar-refractivity contribution in [3.05, 3.63) is 0 Å². The van der Waals surface area contributed by atoms with Gasteiger partial charge < -0.3 is 14.8 Å². The summed E-state index contributed by atoms with van der Waals surface area (Å²) in [5.41, 5.74) is 5.39. The highest BCUT2D eigenvalue weighted by Gasteiger charge is 2.20. The van der Waals surface area contributed by atoms with E-state index in [1.165, 1.54) is 58.5 Å². The average molecular weight is 307 g/mol. The van der Waals surface area contributed by atoms with E-state index in [1.807, 2.05) is 0 Å². The molecule has 1 unspecified atom stereocenters. The third-order valence-electron chi connectivity index (χ3n) is 3.47. The third kappa shape index (κ3) is 11.9. The Bertz CT molecular complexity index is 249. The molecule has 0 aliphatic heterocycles. The van der Waals surface area contributed by atoms with Crippen molar-refractivity contribution in [1.29, 1.82) is 0 Å². The van der Waals surface area contributed by atoms with E-state index in [1.54, 1.807) is 0 Å². The van der Waals surface area contributed by atoms with E-state index < -0.39 is 7.60 Å². The first kappa shape index (κ1) is 20.1. The molecule has 122 valence electrons. The molecule has 0 bridgehead atoms. The zero-order valence-electron chi connectivity index (χ0n) is 13.4. The van der Waals surface area contributed by atoms with Gasteiger partial charge in [-0.2, -0.15) is 0 Å². The fourth-order valence-corrected chi connectivity index (χ4v) is 3.30. The van der Waals surface area contributed by atoms with Gasteiger partial charge >= 0.3 is 7.60 Å². The maximum Gasteiger partial charge on any atom is 0.331 e. The summed E-state index contributed by atoms with van der Waals surface area (Å²) < 4.78 is 22.2. The topological polar surface area (TPSA) is 61.5 Å². The molecule has 0 aromatic heterocycles. The molecule has 0 aromatic rings. The summed E-state index contributed by atoms with van der Waals surface area (Å²) in [5, 5.41) is 0. The Hall–Kier alpha value is 0.110. The molecular weight excluding hydrogens is 273 g/mol. The molecule has 1 atom stereocenters. The summed E-state index contributed by atoms with van der Waals surface area (Å²) >= 11 is 0. The number of nitrogens with two attached hydrogens (primary N) is 1. The van der Waals surface area contributed by atoms with Crippen LogP contribution in [0.3, 0.4) is 0 Å². The van der Waals surface area contributed by atoms with Gasteiger partial charge in [-0.1, -0.05) is 64.7 Å². The Kier molecular flexibility index (Phi) is 14.1. The van der Waals surface area contributed by atoms with Crippen molar-refractivity contribution < 1.29 is 13.6 Å². The van der Waals surface area contributed by atoms with Gasteiger partial charge in [-0.25, -0.2) is 0 Å². The van der Waals surface area contributed by atoms with E-state index in [4.69, 9.17) is 14.8 Å². The SMILES string of the molecule is CCCCCCCCCCCCOP(=O)(CCN)OC. The van der Waals surface area contributed by atoms with Crippen LogP contribution in [0.25, 0.3) is 0 Å². The van der Waals surface area contributed by atoms with Crippen LogP contribution in [0.1, 0.15) is 71.1 Å². The first-order valence-corrected chi connectivity index (χ1v) is 9.90. The van der Waals surface area contributed by atoms with Crippen LogP contribution in [0.4, 0.5) is 0 Å². The van der Waals surface area contributed by atoms with Crippen molar-refractivity contribution in [2.45, 2.75) is 71.1 Å². The minimum Gasteiger partial charge on any atom is -0.330 e. The van der Waals surface area contributed by atoms with E-state index in [0.29, 0.717) is 19.3 Å². The van der Waals surface area contributed by atoms with Crippen LogP contribution < -0.4 is 5.73 Å². The van der Waals surface area contributed by atoms with Crippen molar-refractivity contribution in [3.8, 4) is 0 Å². The van der Waals surface area contributed by atoms with Crippen LogP contribution in [0, 0.1) is 0 Å². The van der Waals surface area contributed by atoms with Crippen LogP contribution >= 0.6 is 7.60 Å². The molecule has 0 saturated heterocycles. The largest absolute Gasteiger partial charge is 0.331 e. The zero-order chi connectivity index (χ0) is 15.1. The second kappa shape index (κ2) is 14.1. The number of hydrogen-bond donors (Lipinski definition) is 1. The molecule has 20 heavy (non-hydrogen) atoms. The maximum atomic E-state index is 11.9. The summed E-state index contributed by atoms with van der Waals surface area (Å²) in [7, 11) is -1.48. The van der Waals surface area contributed by atoms with Gasteiger partial charge in [-0.15, -0.1) is 0 Å². The minimum absolute atomic E-state index is 0.307. The first-order valence-electron chi connectivity index (χ1n) is 8.18. The molecule has 0 aromatic carbocycles. The van der Waals surface area contributed by atoms with E-state index in [2.05, 4.69) is 6.92 Å². The quantitative estimate of drug-likeness (QED) is 0.351. The summed E-state index contributed by atoms with van der Waals surface area (Å²) in [6, 6.07) is 0. The Balaban J connectivity index is 3.30. The van der Waals surface area contributed by atoms with Crippen LogP contribution in [0.5, 0.6) is 0 Å². The predicted octanol–water partition coefficient (Wildman–Crippen LogP) is 4.72. The number of rotatable bonds is 15. The normalized spacial score (nSPS) is 14.3. The highest BCUT2D eigenvalue weighted by atomic mass is 31.2. The molecule has 5 heteroatoms. The average Bonchev–Trinajstić information content (AvgIpc) is 2.45. The van der Waals surface area contributed by atoms with Crippen molar-refractivity contribution >= 4 is 7.60 Å². The van der Waals surface area contributed by atoms with E-state index in [-0.39, 0.29) is 0 Å². The van der Waals surface area contributed by atoms with Crippen LogP contribution in [-0.4, -0.2) is 26.4 Å². The molecule has 0 heterocycles. The van der Waals surface area contributed by atoms with Gasteiger partial charge in [0.25, 0.3) is 0 Å². The van der Waals surface area contributed by atoms with Crippen molar-refractivity contribution in [3.63, 3.8) is 0 Å². The summed E-state index contributed by atoms with van der Waals surface area (Å²) in [5.74, 6) is 0. The molecule has 0 aliphatic carbocycles. The first-order chi connectivity index (χ1) is 9.68. The summed E-state index contributed by atoms with van der Waals surface area (Å²) in [6.45, 7) is 3.10. The maximum absolute atomic E-state index is 11.9. The number of hydrogen-bond acceptors (Lipinski definition) is 4. The fourth-order valence-electron chi connectivity index (χ4n) is 2.16. The Morgan fingerprint density at radius 2 is 1.40 bits per heavy atom. The highest BCUT2D eigenvalue weighted by Crippen LogP contribution is 2.46. The molecule has 0 saturated carbocycles. The van der Waals surface area contributed by atoms with Gasteiger partial charge in [0.15, 0.2) is 0 Å². The fraction of sp³-hybridized carbons (Fsp3) is 1.00. The smallest absolute Gasteiger partial charge is 0.330 e. The lowest BCUT2D eigenvalue weighted by Crippen LogP contribution is -2.09. The van der Waals surface area contributed by atoms with Gasteiger partial charge in [-0.05, 0) is 6.42 Å². The van der Waals surface area contributed by atoms with Gasteiger partial charge in [0, 0.05) is 13.7 Å². The lowest BCUT2D eigenvalue weighted by Gasteiger charge is -2.15. The Labute approximate surface area is 125 Å². The summed E-state index contributed by atoms with van der Waals surface area (Å²) in [6.07, 6.45) is 13.1. The molecule has 0 fully saturated rings. The molecular formula is C15H34NO3P. The van der Waals surface area contributed by atoms with Gasteiger partial charge in [0.05, 0.1) is 12.8 Å². The Morgan fingerprint density at radius 3 is 1.85 bits per heavy atom. The molecule has 0 rings (SSSR count). The predicted molar refractivity (Wildman–Crippen MR) is 86.3 cm³/mol. The second-order valence-electron chi connectivity index (χ2n) is 5.32. The zero-order valence-corrected chi connectivity index (χ0v) is 14.3. The lowest BCUT2D eigenvalue weighted by molar-refractivity contribution is 0.229. The second-order valence-corrected chi connectivity index (χ2v) is 7.61. The highest BCUT2D eigenvalue weighted by molar-refractivity contribution is 7.53. The van der Waals surface area contributed by atoms with Crippen molar-refractivity contribution in [2.75, 3.05) is 26.4 Å². The van der Waals surface area contributed by atoms with Crippen LogP contribution in [0.15, 0.2) is 0 Å². The summed E-state index contributed by atoms with van der Waals surface area (Å²) in [4.78, 5) is 0. The molecule has 0 spiro atoms. The van der Waals surface area contributed by atoms with Crippen LogP contribution in [0.2, 0.25) is 0 Å². The van der Waals surface area contributed by atoms with E-state index in [9.17, 15) is 4.57 Å². The van der Waals surface area contributed by atoms with Crippen LogP contribution in [-0.2, 0) is 13.6 Å². The molecule has 0 amide bonds.